The molecule has 0 unspecified atom stereocenters. The highest BCUT2D eigenvalue weighted by atomic mass is 16.4. The second-order valence-electron chi connectivity index (χ2n) is 5.26. The summed E-state index contributed by atoms with van der Waals surface area (Å²) in [6, 6.07) is 3.21. The summed E-state index contributed by atoms with van der Waals surface area (Å²) in [4.78, 5) is 15.4. The zero-order chi connectivity index (χ0) is 13.8. The van der Waals surface area contributed by atoms with E-state index in [0.717, 1.165) is 25.1 Å². The smallest absolute Gasteiger partial charge is 0.335 e. The Labute approximate surface area is 108 Å². The summed E-state index contributed by atoms with van der Waals surface area (Å²) in [5.74, 6) is -0.266. The van der Waals surface area contributed by atoms with Crippen molar-refractivity contribution in [3.05, 3.63) is 23.4 Å². The lowest BCUT2D eigenvalue weighted by atomic mass is 9.90. The summed E-state index contributed by atoms with van der Waals surface area (Å²) in [7, 11) is 0. The fraction of sp³-hybridized carbons (Fsp3) is 0.571. The van der Waals surface area contributed by atoms with Gasteiger partial charge in [-0.15, -0.1) is 0 Å². The predicted octanol–water partition coefficient (Wildman–Crippen LogP) is 3.19. The number of anilines is 1. The van der Waals surface area contributed by atoms with Crippen molar-refractivity contribution in [3.8, 4) is 0 Å². The van der Waals surface area contributed by atoms with Gasteiger partial charge in [0.05, 0.1) is 5.56 Å². The van der Waals surface area contributed by atoms with E-state index < -0.39 is 5.97 Å². The van der Waals surface area contributed by atoms with E-state index in [2.05, 4.69) is 31.1 Å². The van der Waals surface area contributed by atoms with E-state index in [-0.39, 0.29) is 5.41 Å². The summed E-state index contributed by atoms with van der Waals surface area (Å²) >= 11 is 0. The van der Waals surface area contributed by atoms with Crippen LogP contribution in [0.4, 0.5) is 5.82 Å². The average Bonchev–Trinajstić information content (AvgIpc) is 2.36. The Morgan fingerprint density at radius 1 is 1.39 bits per heavy atom. The fourth-order valence-corrected chi connectivity index (χ4v) is 1.44. The van der Waals surface area contributed by atoms with Crippen molar-refractivity contribution in [2.75, 3.05) is 11.9 Å². The van der Waals surface area contributed by atoms with Crippen LogP contribution in [0.25, 0.3) is 0 Å². The number of aromatic nitrogens is 1. The average molecular weight is 250 g/mol. The summed E-state index contributed by atoms with van der Waals surface area (Å²) in [5, 5.41) is 12.3. The topological polar surface area (TPSA) is 62.2 Å². The number of nitrogens with zero attached hydrogens (tertiary/aromatic N) is 1. The molecule has 0 radical (unpaired) electrons. The van der Waals surface area contributed by atoms with Crippen molar-refractivity contribution in [1.29, 1.82) is 0 Å². The minimum atomic E-state index is -0.912. The molecule has 0 fully saturated rings. The number of rotatable bonds is 6. The van der Waals surface area contributed by atoms with Crippen molar-refractivity contribution in [2.45, 2.75) is 40.5 Å². The Kier molecular flexibility index (Phi) is 4.70. The number of nitrogens with one attached hydrogen (secondary N) is 1. The molecular weight excluding hydrogens is 228 g/mol. The maximum Gasteiger partial charge on any atom is 0.335 e. The molecule has 4 heteroatoms. The second kappa shape index (κ2) is 5.85. The van der Waals surface area contributed by atoms with E-state index >= 15 is 0 Å². The van der Waals surface area contributed by atoms with Gasteiger partial charge < -0.3 is 10.4 Å². The molecule has 0 aromatic carbocycles. The van der Waals surface area contributed by atoms with Crippen LogP contribution in [0.1, 0.15) is 50.2 Å². The minimum absolute atomic E-state index is 0.174. The van der Waals surface area contributed by atoms with E-state index in [1.807, 2.05) is 6.92 Å². The van der Waals surface area contributed by atoms with Crippen molar-refractivity contribution < 1.29 is 9.90 Å². The molecule has 0 aliphatic heterocycles. The van der Waals surface area contributed by atoms with Crippen molar-refractivity contribution in [3.63, 3.8) is 0 Å². The largest absolute Gasteiger partial charge is 0.478 e. The molecule has 2 N–H and O–H groups in total. The molecule has 18 heavy (non-hydrogen) atoms. The molecule has 0 saturated carbocycles. The number of carbonyl (C=O) groups is 1. The third-order valence-electron chi connectivity index (χ3n) is 3.19. The Bertz CT molecular complexity index is 428. The number of carboxylic acid groups (broad SMARTS) is 1. The van der Waals surface area contributed by atoms with Crippen LogP contribution in [-0.4, -0.2) is 22.6 Å². The zero-order valence-electron chi connectivity index (χ0n) is 11.6. The van der Waals surface area contributed by atoms with Crippen LogP contribution in [0.2, 0.25) is 0 Å². The van der Waals surface area contributed by atoms with Gasteiger partial charge in [-0.25, -0.2) is 9.78 Å². The predicted molar refractivity (Wildman–Crippen MR) is 73.1 cm³/mol. The van der Waals surface area contributed by atoms with Gasteiger partial charge in [-0.1, -0.05) is 27.7 Å². The van der Waals surface area contributed by atoms with Gasteiger partial charge in [0.15, 0.2) is 0 Å². The highest BCUT2D eigenvalue weighted by molar-refractivity contribution is 5.88. The molecular formula is C14H22N2O2. The van der Waals surface area contributed by atoms with Gasteiger partial charge in [0.25, 0.3) is 0 Å². The number of hydrogen-bond donors (Lipinski definition) is 2. The Hall–Kier alpha value is -1.58. The van der Waals surface area contributed by atoms with Gasteiger partial charge in [0.2, 0.25) is 0 Å². The molecule has 0 saturated heterocycles. The maximum absolute atomic E-state index is 11.0. The molecule has 0 atom stereocenters. The fourth-order valence-electron chi connectivity index (χ4n) is 1.44. The van der Waals surface area contributed by atoms with Crippen LogP contribution in [0.5, 0.6) is 0 Å². The van der Waals surface area contributed by atoms with Crippen molar-refractivity contribution in [1.82, 2.24) is 4.98 Å². The highest BCUT2D eigenvalue weighted by Gasteiger charge is 2.15. The highest BCUT2D eigenvalue weighted by Crippen LogP contribution is 2.20. The first-order valence-electron chi connectivity index (χ1n) is 6.36. The maximum atomic E-state index is 11.0. The molecule has 1 aromatic heterocycles. The molecule has 0 spiro atoms. The van der Waals surface area contributed by atoms with Gasteiger partial charge in [-0.05, 0) is 30.4 Å². The molecule has 100 valence electrons. The van der Waals surface area contributed by atoms with Gasteiger partial charge >= 0.3 is 5.97 Å². The normalized spacial score (nSPS) is 11.3. The zero-order valence-corrected chi connectivity index (χ0v) is 11.6. The monoisotopic (exact) mass is 250 g/mol. The van der Waals surface area contributed by atoms with E-state index in [1.54, 1.807) is 12.1 Å². The van der Waals surface area contributed by atoms with Crippen LogP contribution in [0.15, 0.2) is 12.1 Å². The van der Waals surface area contributed by atoms with E-state index in [0.29, 0.717) is 11.4 Å². The lowest BCUT2D eigenvalue weighted by Crippen LogP contribution is -2.22. The van der Waals surface area contributed by atoms with E-state index in [1.165, 1.54) is 0 Å². The van der Waals surface area contributed by atoms with Crippen LogP contribution in [-0.2, 0) is 6.42 Å². The molecule has 1 aromatic rings. The van der Waals surface area contributed by atoms with E-state index in [9.17, 15) is 4.79 Å². The Balaban J connectivity index is 2.88. The SMILES string of the molecule is CCc1cc(C(=O)O)cc(NCC(C)(C)CC)n1. The summed E-state index contributed by atoms with van der Waals surface area (Å²) in [6.07, 6.45) is 1.78. The summed E-state index contributed by atoms with van der Waals surface area (Å²) in [6.45, 7) is 9.22. The summed E-state index contributed by atoms with van der Waals surface area (Å²) in [5.41, 5.74) is 1.26. The molecule has 1 heterocycles. The second-order valence-corrected chi connectivity index (χ2v) is 5.26. The van der Waals surface area contributed by atoms with Crippen molar-refractivity contribution in [2.24, 2.45) is 5.41 Å². The first-order chi connectivity index (χ1) is 8.38. The summed E-state index contributed by atoms with van der Waals surface area (Å²) < 4.78 is 0. The van der Waals surface area contributed by atoms with Crippen LogP contribution in [0.3, 0.4) is 0 Å². The molecule has 0 aliphatic rings. The van der Waals surface area contributed by atoms with Gasteiger partial charge in [-0.2, -0.15) is 0 Å². The third kappa shape index (κ3) is 4.02. The lowest BCUT2D eigenvalue weighted by molar-refractivity contribution is 0.0696. The minimum Gasteiger partial charge on any atom is -0.478 e. The van der Waals surface area contributed by atoms with Gasteiger partial charge in [-0.3, -0.25) is 0 Å². The number of pyridine rings is 1. The number of aromatic carboxylic acids is 1. The number of hydrogen-bond acceptors (Lipinski definition) is 3. The molecule has 1 rings (SSSR count). The molecule has 0 amide bonds. The van der Waals surface area contributed by atoms with Crippen LogP contribution < -0.4 is 5.32 Å². The van der Waals surface area contributed by atoms with E-state index in [4.69, 9.17) is 5.11 Å². The van der Waals surface area contributed by atoms with Crippen molar-refractivity contribution >= 4 is 11.8 Å². The van der Waals surface area contributed by atoms with Crippen LogP contribution in [0, 0.1) is 5.41 Å². The number of carboxylic acids is 1. The molecule has 4 nitrogen and oxygen atoms in total. The number of aryl methyl sites for hydroxylation is 1. The third-order valence-corrected chi connectivity index (χ3v) is 3.19. The lowest BCUT2D eigenvalue weighted by Gasteiger charge is -2.23. The standard InChI is InChI=1S/C14H22N2O2/c1-5-11-7-10(13(17)18)8-12(16-11)15-9-14(3,4)6-2/h7-8H,5-6,9H2,1-4H3,(H,15,16)(H,17,18). The van der Waals surface area contributed by atoms with Crippen LogP contribution >= 0.6 is 0 Å². The van der Waals surface area contributed by atoms with Gasteiger partial charge in [0, 0.05) is 12.2 Å². The van der Waals surface area contributed by atoms with Gasteiger partial charge in [0.1, 0.15) is 5.82 Å². The Morgan fingerprint density at radius 3 is 2.56 bits per heavy atom. The molecule has 0 bridgehead atoms. The first kappa shape index (κ1) is 14.5. The quantitative estimate of drug-likeness (QED) is 0.814. The molecule has 0 aliphatic carbocycles. The Morgan fingerprint density at radius 2 is 2.06 bits per heavy atom. The first-order valence-corrected chi connectivity index (χ1v) is 6.36.